The van der Waals surface area contributed by atoms with Crippen LogP contribution in [0.15, 0.2) is 65.3 Å². The maximum Gasteiger partial charge on any atom is 0.239 e. The van der Waals surface area contributed by atoms with E-state index in [2.05, 4.69) is 21.1 Å². The van der Waals surface area contributed by atoms with Crippen LogP contribution < -0.4 is 16.0 Å². The molecule has 154 valence electrons. The number of nitrogens with one attached hydrogen (secondary N) is 3. The van der Waals surface area contributed by atoms with Crippen molar-refractivity contribution in [1.82, 2.24) is 15.8 Å². The van der Waals surface area contributed by atoms with Crippen LogP contribution in [-0.2, 0) is 9.59 Å². The Hall–Kier alpha value is -2.81. The summed E-state index contributed by atoms with van der Waals surface area (Å²) in [7, 11) is 0. The van der Waals surface area contributed by atoms with Gasteiger partial charge in [-0.3, -0.25) is 20.2 Å². The van der Waals surface area contributed by atoms with Gasteiger partial charge >= 0.3 is 0 Å². The van der Waals surface area contributed by atoms with E-state index in [1.165, 1.54) is 11.8 Å². The normalized spacial score (nSPS) is 18.6. The number of hydrogen-bond acceptors (Lipinski definition) is 6. The van der Waals surface area contributed by atoms with Crippen LogP contribution in [0.2, 0.25) is 5.02 Å². The van der Waals surface area contributed by atoms with Gasteiger partial charge < -0.3 is 9.84 Å². The van der Waals surface area contributed by atoms with Gasteiger partial charge in [-0.2, -0.15) is 0 Å². The maximum absolute atomic E-state index is 12.4. The molecule has 0 saturated carbocycles. The van der Waals surface area contributed by atoms with Gasteiger partial charge in [0.1, 0.15) is 5.50 Å². The summed E-state index contributed by atoms with van der Waals surface area (Å²) in [6.07, 6.45) is 1.89. The second-order valence-electron chi connectivity index (χ2n) is 6.72. The van der Waals surface area contributed by atoms with E-state index < -0.39 is 0 Å². The molecule has 4 rings (SSSR count). The summed E-state index contributed by atoms with van der Waals surface area (Å²) >= 11 is 7.23. The number of carbonyl (C=O) groups is 2. The fraction of sp³-hybridized carbons (Fsp3) is 0.190. The SMILES string of the molecule is O=C(CSC1NC(=O)CC(c2ccc(Cl)cc2)N1)Nc1oncc1-c1ccccc1. The minimum Gasteiger partial charge on any atom is -0.338 e. The molecule has 1 aromatic heterocycles. The molecule has 30 heavy (non-hydrogen) atoms. The van der Waals surface area contributed by atoms with Gasteiger partial charge in [0.2, 0.25) is 17.7 Å². The molecule has 0 spiro atoms. The molecule has 2 atom stereocenters. The van der Waals surface area contributed by atoms with E-state index in [1.54, 1.807) is 18.3 Å². The van der Waals surface area contributed by atoms with Crippen LogP contribution in [0.1, 0.15) is 18.0 Å². The number of halogens is 1. The smallest absolute Gasteiger partial charge is 0.239 e. The zero-order valence-electron chi connectivity index (χ0n) is 15.8. The molecule has 0 aliphatic carbocycles. The van der Waals surface area contributed by atoms with Crippen LogP contribution in [0.5, 0.6) is 0 Å². The molecule has 2 heterocycles. The lowest BCUT2D eigenvalue weighted by atomic mass is 10.0. The van der Waals surface area contributed by atoms with Crippen molar-refractivity contribution in [1.29, 1.82) is 0 Å². The molecule has 1 saturated heterocycles. The monoisotopic (exact) mass is 442 g/mol. The number of carbonyl (C=O) groups excluding carboxylic acids is 2. The Balaban J connectivity index is 1.34. The summed E-state index contributed by atoms with van der Waals surface area (Å²) in [6.45, 7) is 0. The van der Waals surface area contributed by atoms with Crippen molar-refractivity contribution in [3.63, 3.8) is 0 Å². The molecule has 2 unspecified atom stereocenters. The van der Waals surface area contributed by atoms with Crippen molar-refractivity contribution in [2.45, 2.75) is 18.0 Å². The molecule has 1 fully saturated rings. The summed E-state index contributed by atoms with van der Waals surface area (Å²) in [5, 5.41) is 13.4. The van der Waals surface area contributed by atoms with Crippen LogP contribution in [0.25, 0.3) is 11.1 Å². The molecule has 2 amide bonds. The van der Waals surface area contributed by atoms with E-state index >= 15 is 0 Å². The third kappa shape index (κ3) is 5.02. The lowest BCUT2D eigenvalue weighted by Crippen LogP contribution is -2.51. The van der Waals surface area contributed by atoms with Crippen molar-refractivity contribution >= 4 is 41.1 Å². The van der Waals surface area contributed by atoms with E-state index in [0.717, 1.165) is 11.1 Å². The number of rotatable bonds is 6. The van der Waals surface area contributed by atoms with Gasteiger partial charge in [-0.15, -0.1) is 11.8 Å². The summed E-state index contributed by atoms with van der Waals surface area (Å²) in [4.78, 5) is 24.5. The third-order valence-electron chi connectivity index (χ3n) is 4.60. The number of thioether (sulfide) groups is 1. The molecule has 7 nitrogen and oxygen atoms in total. The zero-order chi connectivity index (χ0) is 20.9. The average Bonchev–Trinajstić information content (AvgIpc) is 3.21. The van der Waals surface area contributed by atoms with Gasteiger partial charge in [-0.25, -0.2) is 0 Å². The van der Waals surface area contributed by atoms with Crippen LogP contribution >= 0.6 is 23.4 Å². The Morgan fingerprint density at radius 1 is 1.20 bits per heavy atom. The van der Waals surface area contributed by atoms with E-state index in [1.807, 2.05) is 42.5 Å². The Labute approximate surface area is 182 Å². The van der Waals surface area contributed by atoms with Crippen molar-refractivity contribution in [2.75, 3.05) is 11.1 Å². The van der Waals surface area contributed by atoms with E-state index in [4.69, 9.17) is 16.1 Å². The van der Waals surface area contributed by atoms with Crippen molar-refractivity contribution < 1.29 is 14.1 Å². The van der Waals surface area contributed by atoms with Crippen LogP contribution in [-0.4, -0.2) is 28.2 Å². The average molecular weight is 443 g/mol. The summed E-state index contributed by atoms with van der Waals surface area (Å²) in [5.74, 6) is 0.0958. The van der Waals surface area contributed by atoms with Gasteiger partial charge in [-0.1, -0.05) is 59.2 Å². The lowest BCUT2D eigenvalue weighted by Gasteiger charge is -2.31. The molecule has 3 N–H and O–H groups in total. The van der Waals surface area contributed by atoms with Gasteiger partial charge in [0.25, 0.3) is 0 Å². The first kappa shape index (κ1) is 20.5. The molecule has 3 aromatic rings. The largest absolute Gasteiger partial charge is 0.338 e. The molecular formula is C21H19ClN4O3S. The third-order valence-corrected chi connectivity index (χ3v) is 5.86. The van der Waals surface area contributed by atoms with Crippen molar-refractivity contribution in [2.24, 2.45) is 0 Å². The highest BCUT2D eigenvalue weighted by Gasteiger charge is 2.27. The number of anilines is 1. The second kappa shape index (κ2) is 9.34. The number of amides is 2. The number of hydrogen-bond donors (Lipinski definition) is 3. The van der Waals surface area contributed by atoms with Crippen LogP contribution in [0, 0.1) is 0 Å². The summed E-state index contributed by atoms with van der Waals surface area (Å²) in [6, 6.07) is 16.8. The number of benzene rings is 2. The highest BCUT2D eigenvalue weighted by Crippen LogP contribution is 2.28. The zero-order valence-corrected chi connectivity index (χ0v) is 17.4. The molecule has 1 aliphatic rings. The van der Waals surface area contributed by atoms with Crippen molar-refractivity contribution in [3.8, 4) is 11.1 Å². The minimum atomic E-state index is -0.388. The van der Waals surface area contributed by atoms with E-state index in [9.17, 15) is 9.59 Å². The summed E-state index contributed by atoms with van der Waals surface area (Å²) in [5.41, 5.74) is 2.19. The first-order valence-electron chi connectivity index (χ1n) is 9.31. The predicted molar refractivity (Wildman–Crippen MR) is 117 cm³/mol. The highest BCUT2D eigenvalue weighted by molar-refractivity contribution is 8.00. The first-order chi connectivity index (χ1) is 14.6. The van der Waals surface area contributed by atoms with Gasteiger partial charge in [-0.05, 0) is 23.3 Å². The van der Waals surface area contributed by atoms with Crippen molar-refractivity contribution in [3.05, 3.63) is 71.4 Å². The fourth-order valence-corrected chi connectivity index (χ4v) is 4.14. The quantitative estimate of drug-likeness (QED) is 0.537. The Kier molecular flexibility index (Phi) is 6.37. The number of nitrogens with zero attached hydrogens (tertiary/aromatic N) is 1. The Bertz CT molecular complexity index is 1030. The van der Waals surface area contributed by atoms with Gasteiger partial charge in [0.15, 0.2) is 0 Å². The minimum absolute atomic E-state index is 0.0757. The molecule has 2 aromatic carbocycles. The highest BCUT2D eigenvalue weighted by atomic mass is 35.5. The second-order valence-corrected chi connectivity index (χ2v) is 8.25. The molecular weight excluding hydrogens is 424 g/mol. The van der Waals surface area contributed by atoms with Gasteiger partial charge in [0, 0.05) is 17.5 Å². The predicted octanol–water partition coefficient (Wildman–Crippen LogP) is 3.80. The van der Waals surface area contributed by atoms with E-state index in [-0.39, 0.29) is 29.1 Å². The van der Waals surface area contributed by atoms with Crippen LogP contribution in [0.3, 0.4) is 0 Å². The first-order valence-corrected chi connectivity index (χ1v) is 10.7. The molecule has 0 radical (unpaired) electrons. The van der Waals surface area contributed by atoms with Gasteiger partial charge in [0.05, 0.1) is 17.5 Å². The number of aromatic nitrogens is 1. The van der Waals surface area contributed by atoms with Crippen LogP contribution in [0.4, 0.5) is 5.88 Å². The Morgan fingerprint density at radius 2 is 1.97 bits per heavy atom. The molecule has 9 heteroatoms. The standard InChI is InChI=1S/C21H19ClN4O3S/c22-15-8-6-14(7-9-15)17-10-18(27)26-21(24-17)30-12-19(28)25-20-16(11-23-29-20)13-4-2-1-3-5-13/h1-9,11,17,21,24H,10,12H2,(H,25,28)(H,26,27). The molecule has 0 bridgehead atoms. The fourth-order valence-electron chi connectivity index (χ4n) is 3.15. The van der Waals surface area contributed by atoms with E-state index in [0.29, 0.717) is 22.9 Å². The summed E-state index contributed by atoms with van der Waals surface area (Å²) < 4.78 is 5.20. The molecule has 1 aliphatic heterocycles. The lowest BCUT2D eigenvalue weighted by molar-refractivity contribution is -0.123. The topological polar surface area (TPSA) is 96.3 Å². The maximum atomic E-state index is 12.4. The Morgan fingerprint density at radius 3 is 2.73 bits per heavy atom.